The summed E-state index contributed by atoms with van der Waals surface area (Å²) in [5, 5.41) is 12.4. The second kappa shape index (κ2) is 5.56. The van der Waals surface area contributed by atoms with Gasteiger partial charge in [-0.2, -0.15) is 5.26 Å². The molecule has 2 heterocycles. The monoisotopic (exact) mass is 250 g/mol. The Morgan fingerprint density at radius 3 is 2.83 bits per heavy atom. The fraction of sp³-hybridized carbons (Fsp3) is 0.929. The van der Waals surface area contributed by atoms with Gasteiger partial charge in [0.2, 0.25) is 0 Å². The minimum absolute atomic E-state index is 0.409. The largest absolute Gasteiger partial charge is 0.303 e. The van der Waals surface area contributed by atoms with Gasteiger partial charge in [0.25, 0.3) is 0 Å². The first-order chi connectivity index (χ1) is 8.58. The highest BCUT2D eigenvalue weighted by Gasteiger charge is 2.36. The third-order valence-corrected chi connectivity index (χ3v) is 4.77. The summed E-state index contributed by atoms with van der Waals surface area (Å²) in [7, 11) is 4.14. The summed E-state index contributed by atoms with van der Waals surface area (Å²) < 4.78 is 0. The fourth-order valence-electron chi connectivity index (χ4n) is 3.49. The molecule has 1 N–H and O–H groups in total. The van der Waals surface area contributed by atoms with E-state index in [-0.39, 0.29) is 0 Å². The number of nitrogens with zero attached hydrogens (tertiary/aromatic N) is 3. The summed E-state index contributed by atoms with van der Waals surface area (Å²) >= 11 is 0. The molecular weight excluding hydrogens is 224 g/mol. The van der Waals surface area contributed by atoms with E-state index in [0.29, 0.717) is 0 Å². The smallest absolute Gasteiger partial charge is 0.116 e. The molecule has 2 saturated heterocycles. The van der Waals surface area contributed by atoms with Gasteiger partial charge in [0.15, 0.2) is 0 Å². The van der Waals surface area contributed by atoms with Crippen molar-refractivity contribution in [1.82, 2.24) is 15.1 Å². The zero-order valence-corrected chi connectivity index (χ0v) is 11.9. The van der Waals surface area contributed by atoms with E-state index < -0.39 is 5.54 Å². The molecule has 2 aliphatic heterocycles. The lowest BCUT2D eigenvalue weighted by molar-refractivity contribution is 0.0323. The predicted octanol–water partition coefficient (Wildman–Crippen LogP) is 0.904. The molecule has 0 aliphatic carbocycles. The second-order valence-corrected chi connectivity index (χ2v) is 6.17. The van der Waals surface area contributed by atoms with Crippen LogP contribution in [0.25, 0.3) is 0 Å². The van der Waals surface area contributed by atoms with Gasteiger partial charge in [-0.05, 0) is 59.3 Å². The molecule has 0 aromatic carbocycles. The number of fused-ring (bicyclic) bond motifs is 1. The first-order valence-corrected chi connectivity index (χ1v) is 7.11. The lowest BCUT2D eigenvalue weighted by Gasteiger charge is -2.47. The molecular formula is C14H26N4. The highest BCUT2D eigenvalue weighted by molar-refractivity contribution is 5.06. The van der Waals surface area contributed by atoms with Crippen LogP contribution in [0.4, 0.5) is 0 Å². The maximum Gasteiger partial charge on any atom is 0.116 e. The van der Waals surface area contributed by atoms with Crippen molar-refractivity contribution >= 4 is 0 Å². The number of nitrogens with one attached hydrogen (secondary N) is 1. The highest BCUT2D eigenvalue weighted by atomic mass is 15.2. The van der Waals surface area contributed by atoms with E-state index >= 15 is 0 Å². The van der Waals surface area contributed by atoms with Crippen LogP contribution >= 0.6 is 0 Å². The van der Waals surface area contributed by atoms with Crippen molar-refractivity contribution in [2.24, 2.45) is 5.92 Å². The summed E-state index contributed by atoms with van der Waals surface area (Å²) in [6, 6.07) is 3.17. The first kappa shape index (κ1) is 13.8. The molecule has 3 unspecified atom stereocenters. The molecule has 102 valence electrons. The van der Waals surface area contributed by atoms with Gasteiger partial charge in [-0.25, -0.2) is 0 Å². The van der Waals surface area contributed by atoms with E-state index in [1.54, 1.807) is 0 Å². The summed E-state index contributed by atoms with van der Waals surface area (Å²) in [6.07, 6.45) is 3.94. The summed E-state index contributed by atoms with van der Waals surface area (Å²) in [4.78, 5) is 5.01. The number of likely N-dealkylation sites (N-methyl/N-ethyl adjacent to an activating group) is 1. The Morgan fingerprint density at radius 1 is 1.39 bits per heavy atom. The Kier molecular flexibility index (Phi) is 4.26. The molecule has 3 atom stereocenters. The van der Waals surface area contributed by atoms with Gasteiger partial charge in [-0.15, -0.1) is 0 Å². The number of rotatable bonds is 3. The Labute approximate surface area is 111 Å². The minimum Gasteiger partial charge on any atom is -0.303 e. The van der Waals surface area contributed by atoms with E-state index in [1.807, 2.05) is 14.0 Å². The van der Waals surface area contributed by atoms with Gasteiger partial charge in [-0.1, -0.05) is 0 Å². The topological polar surface area (TPSA) is 42.3 Å². The van der Waals surface area contributed by atoms with Crippen LogP contribution in [0.3, 0.4) is 0 Å². The van der Waals surface area contributed by atoms with Gasteiger partial charge < -0.3 is 15.1 Å². The van der Waals surface area contributed by atoms with Crippen molar-refractivity contribution in [3.63, 3.8) is 0 Å². The van der Waals surface area contributed by atoms with Gasteiger partial charge in [0.05, 0.1) is 6.07 Å². The molecule has 4 heteroatoms. The number of nitriles is 1. The Balaban J connectivity index is 1.93. The second-order valence-electron chi connectivity index (χ2n) is 6.17. The van der Waals surface area contributed by atoms with Gasteiger partial charge in [0, 0.05) is 19.1 Å². The molecule has 0 amide bonds. The number of hydrogen-bond donors (Lipinski definition) is 1. The maximum absolute atomic E-state index is 9.24. The van der Waals surface area contributed by atoms with E-state index in [0.717, 1.165) is 31.6 Å². The van der Waals surface area contributed by atoms with Crippen LogP contribution in [-0.2, 0) is 0 Å². The van der Waals surface area contributed by atoms with Crippen molar-refractivity contribution in [2.45, 2.75) is 37.8 Å². The number of piperidine rings is 2. The molecule has 0 aromatic rings. The number of hydrogen-bond acceptors (Lipinski definition) is 4. The van der Waals surface area contributed by atoms with Crippen LogP contribution < -0.4 is 5.32 Å². The standard InChI is InChI=1S/C14H26N4/c1-14(10-15,16-2)11-18-8-6-13-12(9-18)5-4-7-17(13)3/h12-13,16H,4-9,11H2,1-3H3. The Bertz CT molecular complexity index is 324. The molecule has 2 fully saturated rings. The molecule has 2 rings (SSSR count). The molecule has 4 nitrogen and oxygen atoms in total. The molecule has 2 aliphatic rings. The third-order valence-electron chi connectivity index (χ3n) is 4.77. The third kappa shape index (κ3) is 2.85. The van der Waals surface area contributed by atoms with E-state index in [9.17, 15) is 5.26 Å². The average molecular weight is 250 g/mol. The SMILES string of the molecule is CNC(C)(C#N)CN1CCC2C(CCCN2C)C1. The molecule has 0 radical (unpaired) electrons. The van der Waals surface area contributed by atoms with E-state index in [4.69, 9.17) is 0 Å². The van der Waals surface area contributed by atoms with Gasteiger partial charge >= 0.3 is 0 Å². The summed E-state index contributed by atoms with van der Waals surface area (Å²) in [6.45, 7) is 6.38. The zero-order chi connectivity index (χ0) is 13.2. The van der Waals surface area contributed by atoms with Crippen molar-refractivity contribution in [2.75, 3.05) is 40.3 Å². The first-order valence-electron chi connectivity index (χ1n) is 7.11. The van der Waals surface area contributed by atoms with Crippen LogP contribution in [0.15, 0.2) is 0 Å². The van der Waals surface area contributed by atoms with E-state index in [1.165, 1.54) is 25.8 Å². The normalized spacial score (nSPS) is 33.4. The summed E-state index contributed by atoms with van der Waals surface area (Å²) in [5.74, 6) is 0.803. The van der Waals surface area contributed by atoms with Gasteiger partial charge in [0.1, 0.15) is 5.54 Å². The van der Waals surface area contributed by atoms with Crippen LogP contribution in [0.5, 0.6) is 0 Å². The van der Waals surface area contributed by atoms with Crippen molar-refractivity contribution in [3.05, 3.63) is 0 Å². The molecule has 0 aromatic heterocycles. The maximum atomic E-state index is 9.24. The zero-order valence-electron chi connectivity index (χ0n) is 11.9. The Morgan fingerprint density at radius 2 is 2.17 bits per heavy atom. The highest BCUT2D eigenvalue weighted by Crippen LogP contribution is 2.29. The average Bonchev–Trinajstić information content (AvgIpc) is 2.39. The van der Waals surface area contributed by atoms with Crippen molar-refractivity contribution < 1.29 is 0 Å². The molecule has 18 heavy (non-hydrogen) atoms. The number of likely N-dealkylation sites (tertiary alicyclic amines) is 2. The molecule has 0 spiro atoms. The van der Waals surface area contributed by atoms with E-state index in [2.05, 4.69) is 28.2 Å². The summed E-state index contributed by atoms with van der Waals surface area (Å²) in [5.41, 5.74) is -0.409. The van der Waals surface area contributed by atoms with Crippen molar-refractivity contribution in [1.29, 1.82) is 5.26 Å². The van der Waals surface area contributed by atoms with Gasteiger partial charge in [-0.3, -0.25) is 0 Å². The fourth-order valence-corrected chi connectivity index (χ4v) is 3.49. The lowest BCUT2D eigenvalue weighted by atomic mass is 9.83. The van der Waals surface area contributed by atoms with Crippen LogP contribution in [-0.4, -0.2) is 61.7 Å². The molecule has 0 saturated carbocycles. The predicted molar refractivity (Wildman–Crippen MR) is 73.3 cm³/mol. The quantitative estimate of drug-likeness (QED) is 0.808. The Hall–Kier alpha value is -0.630. The molecule has 0 bridgehead atoms. The van der Waals surface area contributed by atoms with Crippen LogP contribution in [0.2, 0.25) is 0 Å². The van der Waals surface area contributed by atoms with Crippen molar-refractivity contribution in [3.8, 4) is 6.07 Å². The lowest BCUT2D eigenvalue weighted by Crippen LogP contribution is -2.57. The van der Waals surface area contributed by atoms with Crippen LogP contribution in [0, 0.1) is 17.2 Å². The van der Waals surface area contributed by atoms with Crippen LogP contribution in [0.1, 0.15) is 26.2 Å². The minimum atomic E-state index is -0.409.